The first-order valence-corrected chi connectivity index (χ1v) is 10.6. The van der Waals surface area contributed by atoms with E-state index in [1.165, 1.54) is 32.4 Å². The van der Waals surface area contributed by atoms with Crippen molar-refractivity contribution in [2.24, 2.45) is 10.1 Å². The van der Waals surface area contributed by atoms with Gasteiger partial charge in [0.15, 0.2) is 4.80 Å². The maximum atomic E-state index is 12.8. The minimum Gasteiger partial charge on any atom is -0.497 e. The van der Waals surface area contributed by atoms with E-state index >= 15 is 0 Å². The molecule has 2 N–H and O–H groups in total. The molecule has 8 nitrogen and oxygen atoms in total. The number of fused-ring (bicyclic) bond motifs is 1. The Bertz CT molecular complexity index is 1310. The van der Waals surface area contributed by atoms with Crippen molar-refractivity contribution in [2.75, 3.05) is 14.2 Å². The van der Waals surface area contributed by atoms with Crippen molar-refractivity contribution >= 4 is 37.5 Å². The van der Waals surface area contributed by atoms with Crippen LogP contribution in [-0.4, -0.2) is 33.1 Å². The van der Waals surface area contributed by atoms with E-state index in [2.05, 4.69) is 10.9 Å². The van der Waals surface area contributed by atoms with Crippen LogP contribution in [0.4, 0.5) is 0 Å². The van der Waals surface area contributed by atoms with Crippen LogP contribution in [0.3, 0.4) is 0 Å². The number of carbonyl (C=O) groups is 1. The van der Waals surface area contributed by atoms with Crippen LogP contribution in [0.25, 0.3) is 10.2 Å². The zero-order valence-corrected chi connectivity index (χ0v) is 17.2. The van der Waals surface area contributed by atoms with Gasteiger partial charge in [-0.05, 0) is 36.4 Å². The first-order valence-electron chi connectivity index (χ1n) is 8.19. The van der Waals surface area contributed by atoms with Gasteiger partial charge >= 0.3 is 0 Å². The Kier molecular flexibility index (Phi) is 5.74. The third kappa shape index (κ3) is 4.17. The number of aromatic nitrogens is 1. The van der Waals surface area contributed by atoms with Gasteiger partial charge in [-0.15, -0.1) is 6.42 Å². The number of ether oxygens (including phenoxy) is 2. The summed E-state index contributed by atoms with van der Waals surface area (Å²) < 4.78 is 35.9. The quantitative estimate of drug-likeness (QED) is 0.618. The number of hydrogen-bond acceptors (Lipinski definition) is 6. The van der Waals surface area contributed by atoms with Crippen LogP contribution >= 0.6 is 11.3 Å². The van der Waals surface area contributed by atoms with Crippen LogP contribution in [0.5, 0.6) is 11.5 Å². The van der Waals surface area contributed by atoms with Gasteiger partial charge in [-0.1, -0.05) is 17.3 Å². The third-order valence-electron chi connectivity index (χ3n) is 4.07. The summed E-state index contributed by atoms with van der Waals surface area (Å²) in [5.41, 5.74) is 0.867. The molecule has 0 spiro atoms. The van der Waals surface area contributed by atoms with Crippen molar-refractivity contribution in [1.82, 2.24) is 4.57 Å². The monoisotopic (exact) mass is 431 g/mol. The standard InChI is InChI=1S/C19H17N3O5S2/c1-4-9-22-15-7-6-13(29(20,24)25)11-17(15)28-19(22)21-18(23)14-10-12(26-2)5-8-16(14)27-3/h1,5-8,10-11H,9H2,2-3H3,(H2,20,24,25). The van der Waals surface area contributed by atoms with Crippen LogP contribution < -0.4 is 19.4 Å². The Labute approximate surface area is 171 Å². The van der Waals surface area contributed by atoms with Crippen LogP contribution in [-0.2, 0) is 16.6 Å². The maximum Gasteiger partial charge on any atom is 0.283 e. The number of rotatable bonds is 5. The topological polar surface area (TPSA) is 113 Å². The molecule has 2 aromatic carbocycles. The van der Waals surface area contributed by atoms with Crippen molar-refractivity contribution < 1.29 is 22.7 Å². The van der Waals surface area contributed by atoms with Crippen molar-refractivity contribution in [3.63, 3.8) is 0 Å². The lowest BCUT2D eigenvalue weighted by Crippen LogP contribution is -2.17. The molecule has 0 aliphatic rings. The summed E-state index contributed by atoms with van der Waals surface area (Å²) >= 11 is 1.13. The number of nitrogens with two attached hydrogens (primary N) is 1. The SMILES string of the molecule is C#CCn1c(=NC(=O)c2cc(OC)ccc2OC)sc2cc(S(N)(=O)=O)ccc21. The Morgan fingerprint density at radius 2 is 2.00 bits per heavy atom. The second kappa shape index (κ2) is 8.08. The highest BCUT2D eigenvalue weighted by atomic mass is 32.2. The lowest BCUT2D eigenvalue weighted by atomic mass is 10.2. The van der Waals surface area contributed by atoms with Crippen molar-refractivity contribution in [1.29, 1.82) is 0 Å². The summed E-state index contributed by atoms with van der Waals surface area (Å²) in [5.74, 6) is 2.79. The molecule has 0 aliphatic heterocycles. The maximum absolute atomic E-state index is 12.8. The molecule has 3 aromatic rings. The summed E-state index contributed by atoms with van der Waals surface area (Å²) in [7, 11) is -0.925. The molecule has 1 aromatic heterocycles. The normalized spacial score (nSPS) is 12.0. The van der Waals surface area contributed by atoms with Crippen LogP contribution in [0.15, 0.2) is 46.3 Å². The molecule has 10 heteroatoms. The second-order valence-corrected chi connectivity index (χ2v) is 8.40. The highest BCUT2D eigenvalue weighted by molar-refractivity contribution is 7.89. The van der Waals surface area contributed by atoms with Gasteiger partial charge in [-0.25, -0.2) is 13.6 Å². The Hall–Kier alpha value is -3.13. The van der Waals surface area contributed by atoms with Gasteiger partial charge in [0, 0.05) is 0 Å². The molecule has 1 amide bonds. The van der Waals surface area contributed by atoms with E-state index in [9.17, 15) is 13.2 Å². The number of methoxy groups -OCH3 is 2. The highest BCUT2D eigenvalue weighted by Gasteiger charge is 2.16. The number of amides is 1. The Morgan fingerprint density at radius 3 is 2.62 bits per heavy atom. The zero-order chi connectivity index (χ0) is 21.2. The van der Waals surface area contributed by atoms with Gasteiger partial charge in [0.2, 0.25) is 10.0 Å². The van der Waals surface area contributed by atoms with Crippen molar-refractivity contribution in [2.45, 2.75) is 11.4 Å². The molecule has 3 rings (SSSR count). The van der Waals surface area contributed by atoms with Gasteiger partial charge in [0.1, 0.15) is 11.5 Å². The molecule has 0 fully saturated rings. The van der Waals surface area contributed by atoms with Gasteiger partial charge in [0.25, 0.3) is 5.91 Å². The predicted molar refractivity (Wildman–Crippen MR) is 109 cm³/mol. The summed E-state index contributed by atoms with van der Waals surface area (Å²) in [6.07, 6.45) is 5.46. The molecule has 150 valence electrons. The number of terminal acetylenes is 1. The molecule has 1 heterocycles. The van der Waals surface area contributed by atoms with E-state index in [4.69, 9.17) is 21.0 Å². The van der Waals surface area contributed by atoms with E-state index in [-0.39, 0.29) is 17.0 Å². The molecule has 29 heavy (non-hydrogen) atoms. The third-order valence-corrected chi connectivity index (χ3v) is 6.02. The van der Waals surface area contributed by atoms with Crippen molar-refractivity contribution in [3.8, 4) is 23.8 Å². The molecule has 0 bridgehead atoms. The minimum atomic E-state index is -3.86. The van der Waals surface area contributed by atoms with Gasteiger partial charge < -0.3 is 14.0 Å². The van der Waals surface area contributed by atoms with Crippen LogP contribution in [0.1, 0.15) is 10.4 Å². The zero-order valence-electron chi connectivity index (χ0n) is 15.6. The number of nitrogens with zero attached hydrogens (tertiary/aromatic N) is 2. The molecular formula is C19H17N3O5S2. The van der Waals surface area contributed by atoms with E-state index in [0.717, 1.165) is 11.3 Å². The molecule has 0 atom stereocenters. The average molecular weight is 431 g/mol. The molecule has 0 unspecified atom stereocenters. The number of benzene rings is 2. The molecule has 0 aliphatic carbocycles. The number of thiazole rings is 1. The lowest BCUT2D eigenvalue weighted by Gasteiger charge is -2.07. The number of sulfonamides is 1. The first-order chi connectivity index (χ1) is 13.8. The summed E-state index contributed by atoms with van der Waals surface area (Å²) in [4.78, 5) is 17.3. The average Bonchev–Trinajstić information content (AvgIpc) is 3.03. The van der Waals surface area contributed by atoms with Gasteiger partial charge in [-0.2, -0.15) is 4.99 Å². The van der Waals surface area contributed by atoms with Gasteiger partial charge in [0.05, 0.1) is 41.4 Å². The van der Waals surface area contributed by atoms with Crippen LogP contribution in [0, 0.1) is 12.3 Å². The largest absolute Gasteiger partial charge is 0.497 e. The number of hydrogen-bond donors (Lipinski definition) is 1. The fourth-order valence-corrected chi connectivity index (χ4v) is 4.37. The molecule has 0 radical (unpaired) electrons. The van der Waals surface area contributed by atoms with Crippen molar-refractivity contribution in [3.05, 3.63) is 46.8 Å². The van der Waals surface area contributed by atoms with Crippen LogP contribution in [0.2, 0.25) is 0 Å². The first kappa shape index (κ1) is 20.6. The van der Waals surface area contributed by atoms with E-state index in [1.807, 2.05) is 0 Å². The predicted octanol–water partition coefficient (Wildman–Crippen LogP) is 1.74. The van der Waals surface area contributed by atoms with Gasteiger partial charge in [-0.3, -0.25) is 4.79 Å². The summed E-state index contributed by atoms with van der Waals surface area (Å²) in [6.45, 7) is 0.149. The number of primary sulfonamides is 1. The number of carbonyl (C=O) groups excluding carboxylic acids is 1. The summed E-state index contributed by atoms with van der Waals surface area (Å²) in [6, 6.07) is 9.20. The second-order valence-electron chi connectivity index (χ2n) is 5.83. The van der Waals surface area contributed by atoms with E-state index in [0.29, 0.717) is 26.5 Å². The fourth-order valence-electron chi connectivity index (χ4n) is 2.69. The Morgan fingerprint density at radius 1 is 1.24 bits per heavy atom. The molecule has 0 saturated carbocycles. The van der Waals surface area contributed by atoms with E-state index in [1.54, 1.807) is 22.8 Å². The highest BCUT2D eigenvalue weighted by Crippen LogP contribution is 2.25. The Balaban J connectivity index is 2.20. The smallest absolute Gasteiger partial charge is 0.283 e. The molecule has 0 saturated heterocycles. The fraction of sp³-hybridized carbons (Fsp3) is 0.158. The molecular weight excluding hydrogens is 414 g/mol. The minimum absolute atomic E-state index is 0.0357. The summed E-state index contributed by atoms with van der Waals surface area (Å²) in [5, 5.41) is 5.20. The lowest BCUT2D eigenvalue weighted by molar-refractivity contribution is 0.0994. The van der Waals surface area contributed by atoms with E-state index < -0.39 is 15.9 Å².